The topological polar surface area (TPSA) is 110 Å². The number of ether oxygens (including phenoxy) is 2. The average molecular weight is 419 g/mol. The van der Waals surface area contributed by atoms with Gasteiger partial charge in [-0.15, -0.1) is 0 Å². The maximum Gasteiger partial charge on any atom is 0.337 e. The molecule has 4 rings (SSSR count). The maximum absolute atomic E-state index is 13.3. The quantitative estimate of drug-likeness (QED) is 0.509. The lowest BCUT2D eigenvalue weighted by Gasteiger charge is -2.16. The highest BCUT2D eigenvalue weighted by Gasteiger charge is 2.38. The zero-order valence-corrected chi connectivity index (χ0v) is 16.7. The van der Waals surface area contributed by atoms with Gasteiger partial charge in [0.25, 0.3) is 5.91 Å². The highest BCUT2D eigenvalue weighted by molar-refractivity contribution is 6.22. The largest absolute Gasteiger partial charge is 0.478 e. The van der Waals surface area contributed by atoms with Gasteiger partial charge in [-0.2, -0.15) is 0 Å². The fourth-order valence-electron chi connectivity index (χ4n) is 3.81. The molecule has 0 saturated heterocycles. The molecule has 156 valence electrons. The van der Waals surface area contributed by atoms with Gasteiger partial charge in [-0.1, -0.05) is 30.3 Å². The van der Waals surface area contributed by atoms with E-state index in [1.165, 1.54) is 36.9 Å². The number of hydrogen-bond donors (Lipinski definition) is 1. The monoisotopic (exact) mass is 419 g/mol. The van der Waals surface area contributed by atoms with Crippen LogP contribution in [0.25, 0.3) is 10.8 Å². The number of benzene rings is 3. The number of carbonyl (C=O) groups is 4. The van der Waals surface area contributed by atoms with E-state index < -0.39 is 23.8 Å². The predicted molar refractivity (Wildman–Crippen MR) is 110 cm³/mol. The number of para-hydroxylation sites is 1. The number of nitrogens with zero attached hydrogens (tertiary/aromatic N) is 1. The molecule has 0 atom stereocenters. The summed E-state index contributed by atoms with van der Waals surface area (Å²) in [4.78, 5) is 50.5. The van der Waals surface area contributed by atoms with E-state index in [-0.39, 0.29) is 45.5 Å². The second-order valence-corrected chi connectivity index (χ2v) is 6.96. The van der Waals surface area contributed by atoms with Crippen molar-refractivity contribution in [1.82, 2.24) is 0 Å². The summed E-state index contributed by atoms with van der Waals surface area (Å²) in [6.45, 7) is 2.39. The molecule has 8 nitrogen and oxygen atoms in total. The Morgan fingerprint density at radius 2 is 1.61 bits per heavy atom. The number of carboxylic acid groups (broad SMARTS) is 1. The minimum absolute atomic E-state index is 0.00568. The molecule has 3 aromatic rings. The Kier molecular flexibility index (Phi) is 4.90. The van der Waals surface area contributed by atoms with E-state index >= 15 is 0 Å². The van der Waals surface area contributed by atoms with Gasteiger partial charge in [0.15, 0.2) is 0 Å². The molecule has 1 aliphatic rings. The highest BCUT2D eigenvalue weighted by atomic mass is 16.5. The number of hydrogen-bond acceptors (Lipinski definition) is 6. The Morgan fingerprint density at radius 3 is 2.23 bits per heavy atom. The normalized spacial score (nSPS) is 12.6. The summed E-state index contributed by atoms with van der Waals surface area (Å²) in [5.41, 5.74) is 0.519. The molecule has 1 N–H and O–H groups in total. The van der Waals surface area contributed by atoms with Gasteiger partial charge in [-0.3, -0.25) is 14.4 Å². The first-order valence-corrected chi connectivity index (χ1v) is 9.38. The number of esters is 2. The molecule has 0 bridgehead atoms. The summed E-state index contributed by atoms with van der Waals surface area (Å²) in [6, 6.07) is 13.2. The van der Waals surface area contributed by atoms with Gasteiger partial charge in [0.2, 0.25) is 0 Å². The molecule has 1 aliphatic heterocycles. The summed E-state index contributed by atoms with van der Waals surface area (Å²) in [7, 11) is 0. The smallest absolute Gasteiger partial charge is 0.337 e. The van der Waals surface area contributed by atoms with Crippen LogP contribution in [0.1, 0.15) is 40.1 Å². The fourth-order valence-corrected chi connectivity index (χ4v) is 3.81. The molecule has 3 aromatic carbocycles. The second kappa shape index (κ2) is 7.56. The number of carbonyl (C=O) groups excluding carboxylic acids is 3. The van der Waals surface area contributed by atoms with Gasteiger partial charge in [-0.05, 0) is 18.2 Å². The number of carboxylic acids is 1. The molecule has 31 heavy (non-hydrogen) atoms. The van der Waals surface area contributed by atoms with Crippen molar-refractivity contribution >= 4 is 40.3 Å². The van der Waals surface area contributed by atoms with Crippen LogP contribution in [0.5, 0.6) is 11.5 Å². The van der Waals surface area contributed by atoms with Crippen LogP contribution in [0.4, 0.5) is 5.69 Å². The number of anilines is 1. The first-order valence-electron chi connectivity index (χ1n) is 9.38. The van der Waals surface area contributed by atoms with Crippen molar-refractivity contribution in [2.75, 3.05) is 4.90 Å². The van der Waals surface area contributed by atoms with Crippen molar-refractivity contribution in [2.45, 2.75) is 20.4 Å². The van der Waals surface area contributed by atoms with Crippen LogP contribution in [-0.2, 0) is 16.1 Å². The van der Waals surface area contributed by atoms with E-state index in [4.69, 9.17) is 9.47 Å². The van der Waals surface area contributed by atoms with Gasteiger partial charge < -0.3 is 19.5 Å². The molecule has 8 heteroatoms. The van der Waals surface area contributed by atoms with E-state index in [1.807, 2.05) is 0 Å². The zero-order chi connectivity index (χ0) is 22.3. The number of aromatic carboxylic acids is 1. The van der Waals surface area contributed by atoms with Gasteiger partial charge in [-0.25, -0.2) is 4.79 Å². The third-order valence-corrected chi connectivity index (χ3v) is 4.90. The molecule has 0 fully saturated rings. The summed E-state index contributed by atoms with van der Waals surface area (Å²) < 4.78 is 10.7. The molecule has 0 spiro atoms. The van der Waals surface area contributed by atoms with E-state index in [2.05, 4.69) is 0 Å². The summed E-state index contributed by atoms with van der Waals surface area (Å²) in [5.74, 6) is -3.08. The molecule has 0 aliphatic carbocycles. The van der Waals surface area contributed by atoms with E-state index in [9.17, 15) is 24.3 Å². The lowest BCUT2D eigenvalue weighted by Crippen LogP contribution is -2.23. The molecule has 0 aromatic heterocycles. The first kappa shape index (κ1) is 20.1. The Hall–Kier alpha value is -4.20. The Labute approximate surface area is 176 Å². The lowest BCUT2D eigenvalue weighted by molar-refractivity contribution is -0.132. The van der Waals surface area contributed by atoms with Crippen LogP contribution in [0.3, 0.4) is 0 Å². The van der Waals surface area contributed by atoms with Crippen molar-refractivity contribution in [1.29, 1.82) is 0 Å². The second-order valence-electron chi connectivity index (χ2n) is 6.96. The fraction of sp³-hybridized carbons (Fsp3) is 0.130. The first-order chi connectivity index (χ1) is 14.8. The summed E-state index contributed by atoms with van der Waals surface area (Å²) >= 11 is 0. The van der Waals surface area contributed by atoms with E-state index in [0.29, 0.717) is 5.69 Å². The van der Waals surface area contributed by atoms with Crippen LogP contribution >= 0.6 is 0 Å². The van der Waals surface area contributed by atoms with Crippen LogP contribution in [0.2, 0.25) is 0 Å². The molecular weight excluding hydrogens is 402 g/mol. The molecule has 0 radical (unpaired) electrons. The summed E-state index contributed by atoms with van der Waals surface area (Å²) in [6.07, 6.45) is 0. The van der Waals surface area contributed by atoms with Crippen molar-refractivity contribution in [3.05, 3.63) is 65.2 Å². The van der Waals surface area contributed by atoms with Crippen molar-refractivity contribution in [3.63, 3.8) is 0 Å². The van der Waals surface area contributed by atoms with Crippen LogP contribution in [0, 0.1) is 0 Å². The molecular formula is C23H17NO7. The van der Waals surface area contributed by atoms with E-state index in [1.54, 1.807) is 30.3 Å². The number of rotatable bonds is 4. The van der Waals surface area contributed by atoms with E-state index in [0.717, 1.165) is 0 Å². The molecule has 1 heterocycles. The molecule has 1 amide bonds. The van der Waals surface area contributed by atoms with Crippen LogP contribution in [0.15, 0.2) is 48.5 Å². The van der Waals surface area contributed by atoms with Gasteiger partial charge >= 0.3 is 17.9 Å². The standard InChI is InChI=1S/C23H17NO7/c1-12(25)30-17-10-6-9-15-18(17)21(31-13(2)26)16-11-24(14-7-4-3-5-8-14)22(27)19(16)20(15)23(28)29/h3-10H,11H2,1-2H3,(H,28,29). The minimum atomic E-state index is -1.32. The molecule has 0 unspecified atom stereocenters. The lowest BCUT2D eigenvalue weighted by atomic mass is 9.93. The third kappa shape index (κ3) is 3.38. The SMILES string of the molecule is CC(=O)Oc1cccc2c(C(=O)O)c3c(c(OC(C)=O)c12)CN(c1ccccc1)C3=O. The van der Waals surface area contributed by atoms with Gasteiger partial charge in [0, 0.05) is 30.5 Å². The Morgan fingerprint density at radius 1 is 0.935 bits per heavy atom. The van der Waals surface area contributed by atoms with Crippen LogP contribution in [-0.4, -0.2) is 28.9 Å². The predicted octanol–water partition coefficient (Wildman–Crippen LogP) is 3.55. The van der Waals surface area contributed by atoms with Crippen molar-refractivity contribution in [3.8, 4) is 11.5 Å². The number of fused-ring (bicyclic) bond motifs is 2. The molecule has 0 saturated carbocycles. The van der Waals surface area contributed by atoms with Gasteiger partial charge in [0.05, 0.1) is 23.1 Å². The third-order valence-electron chi connectivity index (χ3n) is 4.90. The van der Waals surface area contributed by atoms with Gasteiger partial charge in [0.1, 0.15) is 11.5 Å². The average Bonchev–Trinajstić information content (AvgIpc) is 3.05. The maximum atomic E-state index is 13.3. The zero-order valence-electron chi connectivity index (χ0n) is 16.7. The summed E-state index contributed by atoms with van der Waals surface area (Å²) in [5, 5.41) is 10.3. The number of amides is 1. The highest BCUT2D eigenvalue weighted by Crippen LogP contribution is 2.45. The van der Waals surface area contributed by atoms with Crippen LogP contribution < -0.4 is 14.4 Å². The Balaban J connectivity index is 2.09. The van der Waals surface area contributed by atoms with Crippen molar-refractivity contribution < 1.29 is 33.8 Å². The van der Waals surface area contributed by atoms with Crippen molar-refractivity contribution in [2.24, 2.45) is 0 Å². The Bertz CT molecular complexity index is 1260. The minimum Gasteiger partial charge on any atom is -0.478 e.